The van der Waals surface area contributed by atoms with Gasteiger partial charge < -0.3 is 20.7 Å². The van der Waals surface area contributed by atoms with Crippen LogP contribution in [0.15, 0.2) is 30.3 Å². The summed E-state index contributed by atoms with van der Waals surface area (Å²) >= 11 is 0. The number of hydrogen-bond donors (Lipinski definition) is 2. The number of ether oxygens (including phenoxy) is 1. The molecule has 1 aliphatic carbocycles. The normalized spacial score (nSPS) is 22.4. The monoisotopic (exact) mass is 470 g/mol. The van der Waals surface area contributed by atoms with E-state index in [0.29, 0.717) is 19.1 Å². The molecule has 1 atom stereocenters. The first-order valence-electron chi connectivity index (χ1n) is 13.3. The molecule has 7 nitrogen and oxygen atoms in total. The van der Waals surface area contributed by atoms with Crippen LogP contribution in [-0.4, -0.2) is 79.1 Å². The van der Waals surface area contributed by atoms with Crippen LogP contribution in [0.3, 0.4) is 0 Å². The van der Waals surface area contributed by atoms with E-state index in [-0.39, 0.29) is 17.9 Å². The van der Waals surface area contributed by atoms with Crippen molar-refractivity contribution in [2.45, 2.75) is 69.4 Å². The molecule has 2 heterocycles. The van der Waals surface area contributed by atoms with E-state index in [1.165, 1.54) is 5.56 Å². The van der Waals surface area contributed by atoms with Gasteiger partial charge >= 0.3 is 0 Å². The molecule has 2 aliphatic heterocycles. The van der Waals surface area contributed by atoms with Gasteiger partial charge in [-0.1, -0.05) is 43.2 Å². The smallest absolute Gasteiger partial charge is 0.240 e. The minimum absolute atomic E-state index is 0.0196. The Kier molecular flexibility index (Phi) is 8.98. The van der Waals surface area contributed by atoms with E-state index in [2.05, 4.69) is 34.5 Å². The molecule has 7 heteroatoms. The van der Waals surface area contributed by atoms with E-state index in [1.54, 1.807) is 0 Å². The maximum absolute atomic E-state index is 13.0. The van der Waals surface area contributed by atoms with E-state index in [9.17, 15) is 9.59 Å². The van der Waals surface area contributed by atoms with E-state index in [1.807, 2.05) is 11.0 Å². The lowest BCUT2D eigenvalue weighted by atomic mass is 9.95. The lowest BCUT2D eigenvalue weighted by Gasteiger charge is -2.37. The average molecular weight is 471 g/mol. The molecule has 3 aliphatic rings. The Hall–Kier alpha value is -1.96. The summed E-state index contributed by atoms with van der Waals surface area (Å²) in [6.45, 7) is 5.90. The summed E-state index contributed by atoms with van der Waals surface area (Å²) in [4.78, 5) is 30.3. The van der Waals surface area contributed by atoms with Crippen molar-refractivity contribution in [3.05, 3.63) is 35.9 Å². The van der Waals surface area contributed by atoms with E-state index < -0.39 is 5.54 Å². The fourth-order valence-corrected chi connectivity index (χ4v) is 5.64. The number of nitrogens with zero attached hydrogens (tertiary/aromatic N) is 2. The number of benzene rings is 1. The van der Waals surface area contributed by atoms with Gasteiger partial charge in [0.2, 0.25) is 11.8 Å². The van der Waals surface area contributed by atoms with Crippen molar-refractivity contribution >= 4 is 11.8 Å². The molecule has 0 bridgehead atoms. The molecule has 3 fully saturated rings. The highest BCUT2D eigenvalue weighted by Gasteiger charge is 2.37. The van der Waals surface area contributed by atoms with Gasteiger partial charge in [-0.05, 0) is 57.1 Å². The van der Waals surface area contributed by atoms with Crippen molar-refractivity contribution in [2.75, 3.05) is 45.9 Å². The van der Waals surface area contributed by atoms with Gasteiger partial charge in [-0.2, -0.15) is 0 Å². The Bertz CT molecular complexity index is 782. The van der Waals surface area contributed by atoms with Gasteiger partial charge in [0, 0.05) is 51.4 Å². The molecule has 2 saturated heterocycles. The fraction of sp³-hybridized carbons (Fsp3) is 0.704. The van der Waals surface area contributed by atoms with Crippen LogP contribution in [0.25, 0.3) is 0 Å². The summed E-state index contributed by atoms with van der Waals surface area (Å²) in [6.07, 6.45) is 8.14. The molecule has 1 unspecified atom stereocenters. The minimum Gasteiger partial charge on any atom is -0.381 e. The Morgan fingerprint density at radius 3 is 2.41 bits per heavy atom. The number of amides is 2. The molecule has 1 saturated carbocycles. The quantitative estimate of drug-likeness (QED) is 0.578. The van der Waals surface area contributed by atoms with Crippen molar-refractivity contribution in [1.82, 2.24) is 15.1 Å². The first-order valence-corrected chi connectivity index (χ1v) is 13.3. The van der Waals surface area contributed by atoms with Gasteiger partial charge in [0.25, 0.3) is 0 Å². The van der Waals surface area contributed by atoms with E-state index in [4.69, 9.17) is 10.5 Å². The van der Waals surface area contributed by atoms with Gasteiger partial charge in [-0.3, -0.25) is 14.5 Å². The number of nitrogens with two attached hydrogens (primary N) is 1. The number of hydrogen-bond acceptors (Lipinski definition) is 5. The second-order valence-electron chi connectivity index (χ2n) is 10.4. The number of nitrogens with one attached hydrogen (secondary N) is 1. The van der Waals surface area contributed by atoms with Gasteiger partial charge in [-0.25, -0.2) is 0 Å². The predicted octanol–water partition coefficient (Wildman–Crippen LogP) is 2.34. The van der Waals surface area contributed by atoms with Crippen LogP contribution in [0.4, 0.5) is 0 Å². The van der Waals surface area contributed by atoms with Gasteiger partial charge in [-0.15, -0.1) is 0 Å². The van der Waals surface area contributed by atoms with Crippen molar-refractivity contribution in [2.24, 2.45) is 11.7 Å². The van der Waals surface area contributed by atoms with Crippen molar-refractivity contribution in [3.8, 4) is 0 Å². The lowest BCUT2D eigenvalue weighted by Crippen LogP contribution is -2.55. The van der Waals surface area contributed by atoms with E-state index in [0.717, 1.165) is 90.5 Å². The van der Waals surface area contributed by atoms with Crippen LogP contribution < -0.4 is 11.1 Å². The molecule has 188 valence electrons. The third-order valence-corrected chi connectivity index (χ3v) is 7.89. The van der Waals surface area contributed by atoms with Crippen molar-refractivity contribution in [3.63, 3.8) is 0 Å². The zero-order valence-electron chi connectivity index (χ0n) is 20.6. The fourth-order valence-electron chi connectivity index (χ4n) is 5.64. The number of piperazine rings is 1. The van der Waals surface area contributed by atoms with Crippen LogP contribution in [0.1, 0.15) is 56.9 Å². The number of carbonyl (C=O) groups is 2. The van der Waals surface area contributed by atoms with Crippen molar-refractivity contribution in [1.29, 1.82) is 0 Å². The van der Waals surface area contributed by atoms with Crippen LogP contribution in [0, 0.1) is 5.92 Å². The SMILES string of the molecule is NC1(C(=O)NC(CCCN2CCN(C(=O)C3CCOCC3)CC2)Cc2ccccc2)CCCC1. The molecule has 2 amide bonds. The summed E-state index contributed by atoms with van der Waals surface area (Å²) < 4.78 is 5.40. The minimum atomic E-state index is -0.692. The average Bonchev–Trinajstić information content (AvgIpc) is 3.33. The molecular weight excluding hydrogens is 428 g/mol. The zero-order chi connectivity index (χ0) is 23.8. The van der Waals surface area contributed by atoms with Crippen LogP contribution in [-0.2, 0) is 20.7 Å². The Morgan fingerprint density at radius 2 is 1.74 bits per heavy atom. The first-order chi connectivity index (χ1) is 16.5. The number of rotatable bonds is 9. The number of carbonyl (C=O) groups excluding carboxylic acids is 2. The predicted molar refractivity (Wildman–Crippen MR) is 133 cm³/mol. The maximum atomic E-state index is 13.0. The second kappa shape index (κ2) is 12.1. The topological polar surface area (TPSA) is 87.9 Å². The highest BCUT2D eigenvalue weighted by molar-refractivity contribution is 5.86. The highest BCUT2D eigenvalue weighted by Crippen LogP contribution is 2.27. The summed E-state index contributed by atoms with van der Waals surface area (Å²) in [6, 6.07) is 10.5. The molecule has 0 aromatic heterocycles. The van der Waals surface area contributed by atoms with Crippen LogP contribution >= 0.6 is 0 Å². The molecule has 1 aromatic carbocycles. The lowest BCUT2D eigenvalue weighted by molar-refractivity contribution is -0.140. The van der Waals surface area contributed by atoms with Crippen LogP contribution in [0.5, 0.6) is 0 Å². The van der Waals surface area contributed by atoms with Gasteiger partial charge in [0.1, 0.15) is 0 Å². The van der Waals surface area contributed by atoms with Crippen LogP contribution in [0.2, 0.25) is 0 Å². The first kappa shape index (κ1) is 25.1. The standard InChI is InChI=1S/C27H42N4O3/c28-27(12-4-5-13-27)26(33)29-24(21-22-7-2-1-3-8-22)9-6-14-30-15-17-31(18-16-30)25(32)23-10-19-34-20-11-23/h1-3,7-8,23-24H,4-6,9-21,28H2,(H,29,33). The third-order valence-electron chi connectivity index (χ3n) is 7.89. The molecule has 34 heavy (non-hydrogen) atoms. The maximum Gasteiger partial charge on any atom is 0.240 e. The molecule has 3 N–H and O–H groups in total. The highest BCUT2D eigenvalue weighted by atomic mass is 16.5. The molecule has 0 spiro atoms. The molecule has 1 aromatic rings. The summed E-state index contributed by atoms with van der Waals surface area (Å²) in [5, 5.41) is 3.30. The van der Waals surface area contributed by atoms with Crippen molar-refractivity contribution < 1.29 is 14.3 Å². The summed E-state index contributed by atoms with van der Waals surface area (Å²) in [7, 11) is 0. The van der Waals surface area contributed by atoms with E-state index >= 15 is 0 Å². The second-order valence-corrected chi connectivity index (χ2v) is 10.4. The zero-order valence-corrected chi connectivity index (χ0v) is 20.6. The summed E-state index contributed by atoms with van der Waals surface area (Å²) in [5.41, 5.74) is 6.97. The molecule has 4 rings (SSSR count). The Balaban J connectivity index is 1.23. The van der Waals surface area contributed by atoms with Gasteiger partial charge in [0.05, 0.1) is 5.54 Å². The Morgan fingerprint density at radius 1 is 1.06 bits per heavy atom. The molecule has 0 radical (unpaired) electrons. The third kappa shape index (κ3) is 6.80. The largest absolute Gasteiger partial charge is 0.381 e. The van der Waals surface area contributed by atoms with Gasteiger partial charge in [0.15, 0.2) is 0 Å². The summed E-state index contributed by atoms with van der Waals surface area (Å²) in [5.74, 6) is 0.482. The molecular formula is C27H42N4O3. The Labute approximate surface area is 204 Å².